The number of hydrogen-bond donors (Lipinski definition) is 0. The van der Waals surface area contributed by atoms with Crippen LogP contribution in [0.4, 0.5) is 17.1 Å². The smallest absolute Gasteiger partial charge is 0.159 e. The van der Waals surface area contributed by atoms with Gasteiger partial charge in [-0.05, 0) is 81.4 Å². The number of rotatable bonds is 5. The molecule has 0 unspecified atom stereocenters. The molecule has 0 bridgehead atoms. The molecule has 0 aliphatic carbocycles. The van der Waals surface area contributed by atoms with Crippen molar-refractivity contribution in [3.63, 3.8) is 0 Å². The minimum atomic E-state index is 0.865. The predicted octanol–water partition coefficient (Wildman–Crippen LogP) is 14.6. The van der Waals surface area contributed by atoms with Crippen LogP contribution >= 0.6 is 0 Å². The highest BCUT2D eigenvalue weighted by atomic mass is 16.3. The monoisotopic (exact) mass is 677 g/mol. The van der Waals surface area contributed by atoms with Crippen LogP contribution in [0, 0.1) is 0 Å². The van der Waals surface area contributed by atoms with E-state index in [0.29, 0.717) is 0 Å². The fourth-order valence-corrected chi connectivity index (χ4v) is 8.15. The van der Waals surface area contributed by atoms with E-state index < -0.39 is 0 Å². The molecule has 0 fully saturated rings. The van der Waals surface area contributed by atoms with Crippen molar-refractivity contribution in [1.82, 2.24) is 0 Å². The summed E-state index contributed by atoms with van der Waals surface area (Å²) in [7, 11) is 0. The first-order valence-corrected chi connectivity index (χ1v) is 18.0. The summed E-state index contributed by atoms with van der Waals surface area (Å²) >= 11 is 0. The van der Waals surface area contributed by atoms with Gasteiger partial charge in [-0.2, -0.15) is 0 Å². The fourth-order valence-electron chi connectivity index (χ4n) is 8.15. The molecule has 3 heteroatoms. The average Bonchev–Trinajstić information content (AvgIpc) is 3.81. The number of anilines is 3. The van der Waals surface area contributed by atoms with E-state index in [1.807, 2.05) is 12.1 Å². The quantitative estimate of drug-likeness (QED) is 0.182. The minimum absolute atomic E-state index is 0.865. The van der Waals surface area contributed by atoms with Gasteiger partial charge in [0.15, 0.2) is 5.58 Å². The van der Waals surface area contributed by atoms with Gasteiger partial charge in [-0.15, -0.1) is 0 Å². The zero-order chi connectivity index (χ0) is 34.9. The summed E-state index contributed by atoms with van der Waals surface area (Å²) in [5.74, 6) is 0. The zero-order valence-electron chi connectivity index (χ0n) is 28.7. The van der Waals surface area contributed by atoms with Crippen LogP contribution in [-0.4, -0.2) is 0 Å². The van der Waals surface area contributed by atoms with E-state index in [0.717, 1.165) is 77.5 Å². The van der Waals surface area contributed by atoms with Gasteiger partial charge in [0, 0.05) is 43.9 Å². The highest BCUT2D eigenvalue weighted by Crippen LogP contribution is 2.45. The lowest BCUT2D eigenvalue weighted by atomic mass is 9.93. The van der Waals surface area contributed by atoms with Crippen molar-refractivity contribution in [1.29, 1.82) is 0 Å². The molecule has 9 aromatic carbocycles. The van der Waals surface area contributed by atoms with Gasteiger partial charge in [0.1, 0.15) is 16.7 Å². The van der Waals surface area contributed by atoms with Gasteiger partial charge in [0.05, 0.1) is 5.69 Å². The molecule has 0 saturated carbocycles. The Morgan fingerprint density at radius 2 is 0.943 bits per heavy atom. The van der Waals surface area contributed by atoms with E-state index in [1.54, 1.807) is 0 Å². The van der Waals surface area contributed by atoms with Crippen LogP contribution in [0.2, 0.25) is 0 Å². The topological polar surface area (TPSA) is 29.5 Å². The van der Waals surface area contributed by atoms with Gasteiger partial charge in [-0.25, -0.2) is 0 Å². The lowest BCUT2D eigenvalue weighted by Crippen LogP contribution is -2.10. The molecule has 2 heterocycles. The number of hydrogen-bond acceptors (Lipinski definition) is 3. The molecular formula is C50H31NO2. The molecule has 248 valence electrons. The van der Waals surface area contributed by atoms with Crippen molar-refractivity contribution in [2.75, 3.05) is 4.90 Å². The van der Waals surface area contributed by atoms with Crippen LogP contribution in [0.5, 0.6) is 0 Å². The Labute approximate surface area is 305 Å². The molecule has 0 aliphatic rings. The molecule has 11 aromatic rings. The van der Waals surface area contributed by atoms with E-state index in [1.165, 1.54) is 27.3 Å². The normalized spacial score (nSPS) is 11.8. The number of para-hydroxylation sites is 4. The van der Waals surface area contributed by atoms with Crippen molar-refractivity contribution in [2.24, 2.45) is 0 Å². The van der Waals surface area contributed by atoms with E-state index in [2.05, 4.69) is 181 Å². The zero-order valence-corrected chi connectivity index (χ0v) is 28.7. The number of benzene rings is 9. The molecule has 53 heavy (non-hydrogen) atoms. The van der Waals surface area contributed by atoms with Gasteiger partial charge in [0.2, 0.25) is 0 Å². The molecule has 2 aromatic heterocycles. The first kappa shape index (κ1) is 29.6. The van der Waals surface area contributed by atoms with Crippen LogP contribution in [0.3, 0.4) is 0 Å². The average molecular weight is 678 g/mol. The van der Waals surface area contributed by atoms with Crippen LogP contribution in [-0.2, 0) is 0 Å². The molecule has 0 spiro atoms. The van der Waals surface area contributed by atoms with Crippen molar-refractivity contribution in [2.45, 2.75) is 0 Å². The lowest BCUT2D eigenvalue weighted by molar-refractivity contribution is 0.669. The molecule has 3 nitrogen and oxygen atoms in total. The van der Waals surface area contributed by atoms with Crippen molar-refractivity contribution < 1.29 is 8.83 Å². The SMILES string of the molecule is c1ccc(N(c2ccc(-c3cccc4c3oc3c5ccccc5c(-c5ccc6ccccc6c5)cc43)cc2)c2cccc3c2oc2ccccc23)cc1. The van der Waals surface area contributed by atoms with Gasteiger partial charge < -0.3 is 13.7 Å². The Hall–Kier alpha value is -7.10. The molecular weight excluding hydrogens is 647 g/mol. The highest BCUT2D eigenvalue weighted by molar-refractivity contribution is 6.21. The maximum atomic E-state index is 6.88. The van der Waals surface area contributed by atoms with Crippen molar-refractivity contribution in [3.05, 3.63) is 188 Å². The second-order valence-corrected chi connectivity index (χ2v) is 13.7. The second kappa shape index (κ2) is 11.7. The largest absolute Gasteiger partial charge is 0.455 e. The van der Waals surface area contributed by atoms with Gasteiger partial charge in [-0.3, -0.25) is 0 Å². The third-order valence-electron chi connectivity index (χ3n) is 10.6. The molecule has 0 atom stereocenters. The van der Waals surface area contributed by atoms with Gasteiger partial charge in [0.25, 0.3) is 0 Å². The van der Waals surface area contributed by atoms with E-state index in [9.17, 15) is 0 Å². The van der Waals surface area contributed by atoms with E-state index in [4.69, 9.17) is 8.83 Å². The van der Waals surface area contributed by atoms with E-state index >= 15 is 0 Å². The Kier molecular flexibility index (Phi) is 6.55. The Morgan fingerprint density at radius 1 is 0.321 bits per heavy atom. The number of fused-ring (bicyclic) bond motifs is 9. The molecule has 0 saturated heterocycles. The van der Waals surface area contributed by atoms with E-state index in [-0.39, 0.29) is 0 Å². The van der Waals surface area contributed by atoms with Gasteiger partial charge >= 0.3 is 0 Å². The first-order valence-electron chi connectivity index (χ1n) is 18.0. The molecule has 0 radical (unpaired) electrons. The Balaban J connectivity index is 1.06. The fraction of sp³-hybridized carbons (Fsp3) is 0. The summed E-state index contributed by atoms with van der Waals surface area (Å²) in [5, 5.41) is 9.21. The number of nitrogens with zero attached hydrogens (tertiary/aromatic N) is 1. The first-order chi connectivity index (χ1) is 26.3. The summed E-state index contributed by atoms with van der Waals surface area (Å²) in [6.45, 7) is 0. The highest BCUT2D eigenvalue weighted by Gasteiger charge is 2.21. The van der Waals surface area contributed by atoms with Gasteiger partial charge in [-0.1, -0.05) is 140 Å². The minimum Gasteiger partial charge on any atom is -0.455 e. The van der Waals surface area contributed by atoms with Crippen LogP contribution in [0.15, 0.2) is 197 Å². The standard InChI is InChI=1S/C50H31NO2/c1-2-14-36(15-3-1)51(46-22-11-21-42-40-17-8-9-23-47(40)52-50(42)46)37-28-26-33(27-29-37)38-19-10-20-43-45-31-44(35-25-24-32-12-4-5-13-34(32)30-35)39-16-6-7-18-41(39)49(45)53-48(38)43/h1-31H. The predicted molar refractivity (Wildman–Crippen MR) is 222 cm³/mol. The molecule has 11 rings (SSSR count). The number of furan rings is 2. The second-order valence-electron chi connectivity index (χ2n) is 13.7. The van der Waals surface area contributed by atoms with Crippen LogP contribution in [0.25, 0.3) is 87.7 Å². The Morgan fingerprint density at radius 3 is 1.79 bits per heavy atom. The summed E-state index contributed by atoms with van der Waals surface area (Å²) in [4.78, 5) is 2.27. The Bertz CT molecular complexity index is 3170. The summed E-state index contributed by atoms with van der Waals surface area (Å²) < 4.78 is 13.4. The molecule has 0 N–H and O–H groups in total. The van der Waals surface area contributed by atoms with Crippen molar-refractivity contribution in [3.8, 4) is 22.3 Å². The molecule has 0 aliphatic heterocycles. The van der Waals surface area contributed by atoms with Crippen LogP contribution < -0.4 is 4.90 Å². The maximum absolute atomic E-state index is 6.88. The lowest BCUT2D eigenvalue weighted by Gasteiger charge is -2.25. The summed E-state index contributed by atoms with van der Waals surface area (Å²) in [6.07, 6.45) is 0. The third-order valence-corrected chi connectivity index (χ3v) is 10.6. The summed E-state index contributed by atoms with van der Waals surface area (Å²) in [5.41, 5.74) is 11.2. The molecule has 0 amide bonds. The summed E-state index contributed by atoms with van der Waals surface area (Å²) in [6, 6.07) is 66.6. The maximum Gasteiger partial charge on any atom is 0.159 e. The third kappa shape index (κ3) is 4.68. The van der Waals surface area contributed by atoms with Crippen LogP contribution in [0.1, 0.15) is 0 Å². The van der Waals surface area contributed by atoms with Crippen molar-refractivity contribution >= 4 is 82.5 Å².